The lowest BCUT2D eigenvalue weighted by molar-refractivity contribution is 0.436. The zero-order valence-electron chi connectivity index (χ0n) is 59.7. The molecule has 22 rings (SSSR count). The molecule has 2 aliphatic heterocycles. The van der Waals surface area contributed by atoms with Gasteiger partial charge in [0, 0.05) is 55.6 Å². The summed E-state index contributed by atoms with van der Waals surface area (Å²) in [4.78, 5) is 20.4. The average Bonchev–Trinajstić information content (AvgIpc) is 1.50. The Bertz CT molecular complexity index is 6560. The molecule has 0 bridgehead atoms. The first-order valence-electron chi connectivity index (χ1n) is 37.5. The second kappa shape index (κ2) is 26.2. The van der Waals surface area contributed by atoms with E-state index in [-0.39, 0.29) is 0 Å². The van der Waals surface area contributed by atoms with Crippen molar-refractivity contribution in [1.82, 2.24) is 19.9 Å². The zero-order valence-corrected chi connectivity index (χ0v) is 59.7. The first-order chi connectivity index (χ1) is 54.5. The summed E-state index contributed by atoms with van der Waals surface area (Å²) >= 11 is 0. The van der Waals surface area contributed by atoms with E-state index >= 15 is 0 Å². The largest absolute Gasteiger partial charge is 0.457 e. The highest BCUT2D eigenvalue weighted by atomic mass is 16.5. The van der Waals surface area contributed by atoms with Gasteiger partial charge in [0.2, 0.25) is 0 Å². The van der Waals surface area contributed by atoms with Gasteiger partial charge in [-0.25, -0.2) is 19.9 Å². The van der Waals surface area contributed by atoms with Crippen LogP contribution >= 0.6 is 0 Å². The molecule has 6 heteroatoms. The van der Waals surface area contributed by atoms with Gasteiger partial charge in [-0.3, -0.25) is 0 Å². The number of fused-ring (bicyclic) bond motifs is 19. The van der Waals surface area contributed by atoms with Crippen LogP contribution in [0, 0.1) is 0 Å². The maximum Gasteiger partial charge on any atom is 0.160 e. The van der Waals surface area contributed by atoms with Crippen LogP contribution in [0.15, 0.2) is 400 Å². The minimum atomic E-state index is -0.472. The Morgan fingerprint density at radius 1 is 0.164 bits per heavy atom. The first-order valence-corrected chi connectivity index (χ1v) is 37.5. The molecule has 0 amide bonds. The summed E-state index contributed by atoms with van der Waals surface area (Å²) in [5, 5.41) is 2.39. The summed E-state index contributed by atoms with van der Waals surface area (Å²) in [6.45, 7) is 0. The van der Waals surface area contributed by atoms with Gasteiger partial charge in [0.05, 0.1) is 33.6 Å². The van der Waals surface area contributed by atoms with Gasteiger partial charge in [-0.05, 0) is 131 Å². The molecular weight excluding hydrogens is 1340 g/mol. The van der Waals surface area contributed by atoms with E-state index < -0.39 is 10.8 Å². The fourth-order valence-corrected chi connectivity index (χ4v) is 17.6. The number of aromatic nitrogens is 4. The molecule has 4 aliphatic rings. The number of benzene rings is 16. The van der Waals surface area contributed by atoms with E-state index in [9.17, 15) is 0 Å². The molecule has 6 nitrogen and oxygen atoms in total. The summed E-state index contributed by atoms with van der Waals surface area (Å²) in [6, 6.07) is 142. The lowest BCUT2D eigenvalue weighted by atomic mass is 9.66. The molecule has 0 fully saturated rings. The van der Waals surface area contributed by atoms with Gasteiger partial charge in [0.15, 0.2) is 11.6 Å². The van der Waals surface area contributed by atoms with Gasteiger partial charge >= 0.3 is 0 Å². The van der Waals surface area contributed by atoms with E-state index in [1.54, 1.807) is 0 Å². The summed E-state index contributed by atoms with van der Waals surface area (Å²) in [5.41, 5.74) is 30.4. The standard InChI is InChI=1S/C53H34N2O.C51H32N2O/c1-3-15-36(16-4-1)40-19-7-8-22-43(40)49-34-48(54-52(55-49)38-17-5-2-6-18-38)37-29-27-35(28-30-37)39-31-32-47-51(33-39)56-50-26-14-13-25-46(50)53(47)44-23-11-9-20-41(44)42-21-10-12-24-45(42)53;1-2-13-36(14-3-1)50-52-46(32-47(53-50)39-27-24-33-12-4-5-15-37(33)30-39)35-25-22-34(23-26-35)38-28-29-45-49(31-38)54-48-21-11-10-20-44(48)51(45)42-18-8-6-16-40(42)41-17-7-9-19-43(41)51/h1-34H;1-32H. The quantitative estimate of drug-likeness (QED) is 0.143. The lowest BCUT2D eigenvalue weighted by Crippen LogP contribution is -2.32. The van der Waals surface area contributed by atoms with E-state index in [4.69, 9.17) is 29.4 Å². The van der Waals surface area contributed by atoms with Crippen LogP contribution in [-0.2, 0) is 10.8 Å². The molecule has 2 aliphatic carbocycles. The van der Waals surface area contributed by atoms with E-state index in [0.717, 1.165) is 124 Å². The highest BCUT2D eigenvalue weighted by molar-refractivity contribution is 5.93. The van der Waals surface area contributed by atoms with Gasteiger partial charge < -0.3 is 9.47 Å². The van der Waals surface area contributed by atoms with Crippen molar-refractivity contribution >= 4 is 10.8 Å². The normalized spacial score (nSPS) is 13.0. The van der Waals surface area contributed by atoms with Crippen LogP contribution in [0.25, 0.3) is 134 Å². The second-order valence-corrected chi connectivity index (χ2v) is 28.6. The van der Waals surface area contributed by atoms with Gasteiger partial charge in [-0.2, -0.15) is 0 Å². The van der Waals surface area contributed by atoms with Crippen molar-refractivity contribution in [2.24, 2.45) is 0 Å². The molecule has 0 saturated heterocycles. The van der Waals surface area contributed by atoms with Gasteiger partial charge in [-0.1, -0.05) is 358 Å². The van der Waals surface area contributed by atoms with Crippen LogP contribution in [-0.4, -0.2) is 19.9 Å². The highest BCUT2D eigenvalue weighted by Gasteiger charge is 2.52. The Balaban J connectivity index is 0.000000140. The van der Waals surface area contributed by atoms with Crippen LogP contribution in [0.3, 0.4) is 0 Å². The van der Waals surface area contributed by atoms with Crippen LogP contribution in [0.1, 0.15) is 44.5 Å². The maximum atomic E-state index is 6.78. The smallest absolute Gasteiger partial charge is 0.160 e. The van der Waals surface area contributed by atoms with Crippen LogP contribution in [0.5, 0.6) is 23.0 Å². The third kappa shape index (κ3) is 10.5. The van der Waals surface area contributed by atoms with E-state index in [2.05, 4.69) is 358 Å². The summed E-state index contributed by atoms with van der Waals surface area (Å²) in [7, 11) is 0. The molecule has 16 aromatic carbocycles. The van der Waals surface area contributed by atoms with Crippen molar-refractivity contribution < 1.29 is 9.47 Å². The monoisotopic (exact) mass is 1400 g/mol. The minimum absolute atomic E-state index is 0.466. The molecule has 0 radical (unpaired) electrons. The Labute approximate surface area is 638 Å². The summed E-state index contributed by atoms with van der Waals surface area (Å²) in [5.74, 6) is 4.94. The van der Waals surface area contributed by atoms with Crippen molar-refractivity contribution in [2.45, 2.75) is 10.8 Å². The van der Waals surface area contributed by atoms with Crippen molar-refractivity contribution in [3.8, 4) is 146 Å². The topological polar surface area (TPSA) is 70.0 Å². The average molecular weight is 1400 g/mol. The number of ether oxygens (including phenoxy) is 2. The summed E-state index contributed by atoms with van der Waals surface area (Å²) in [6.07, 6.45) is 0. The van der Waals surface area contributed by atoms with Gasteiger partial charge in [0.25, 0.3) is 0 Å². The molecular formula is C104H66N4O2. The number of hydrogen-bond donors (Lipinski definition) is 0. The van der Waals surface area contributed by atoms with Crippen molar-refractivity contribution in [1.29, 1.82) is 0 Å². The maximum absolute atomic E-state index is 6.78. The molecule has 2 spiro atoms. The number of rotatable bonds is 9. The second-order valence-electron chi connectivity index (χ2n) is 28.6. The van der Waals surface area contributed by atoms with E-state index in [0.29, 0.717) is 11.6 Å². The highest BCUT2D eigenvalue weighted by Crippen LogP contribution is 2.64. The predicted molar refractivity (Wildman–Crippen MR) is 445 cm³/mol. The van der Waals surface area contributed by atoms with E-state index in [1.807, 2.05) is 42.5 Å². The Morgan fingerprint density at radius 3 is 0.927 bits per heavy atom. The third-order valence-electron chi connectivity index (χ3n) is 22.6. The van der Waals surface area contributed by atoms with Crippen LogP contribution in [0.2, 0.25) is 0 Å². The van der Waals surface area contributed by atoms with Crippen molar-refractivity contribution in [3.05, 3.63) is 445 Å². The molecule has 514 valence electrons. The van der Waals surface area contributed by atoms with Gasteiger partial charge in [0.1, 0.15) is 23.0 Å². The Morgan fingerprint density at radius 2 is 0.473 bits per heavy atom. The molecule has 0 unspecified atom stereocenters. The molecule has 2 aromatic heterocycles. The molecule has 0 N–H and O–H groups in total. The van der Waals surface area contributed by atoms with Crippen LogP contribution < -0.4 is 9.47 Å². The molecule has 110 heavy (non-hydrogen) atoms. The minimum Gasteiger partial charge on any atom is -0.457 e. The molecule has 0 atom stereocenters. The molecule has 0 saturated carbocycles. The van der Waals surface area contributed by atoms with Crippen LogP contribution in [0.4, 0.5) is 0 Å². The fraction of sp³-hybridized carbons (Fsp3) is 0.0192. The fourth-order valence-electron chi connectivity index (χ4n) is 17.6. The summed E-state index contributed by atoms with van der Waals surface area (Å²) < 4.78 is 13.6. The SMILES string of the molecule is c1ccc(-c2nc(-c3ccc(-c4ccc5c(c4)Oc4ccccc4C54c5ccccc5-c5ccccc54)cc3)cc(-c3ccc4ccccc4c3)n2)cc1.c1ccc(-c2nc(-c3ccc(-c4ccc5c(c4)Oc4ccccc4C54c5ccccc5-c5ccccc54)cc3)cc(-c3ccccc3-c3ccccc3)n2)cc1. The zero-order chi connectivity index (χ0) is 72.7. The number of hydrogen-bond acceptors (Lipinski definition) is 6. The lowest BCUT2D eigenvalue weighted by Gasteiger charge is -2.39. The molecule has 4 heterocycles. The van der Waals surface area contributed by atoms with Crippen molar-refractivity contribution in [3.63, 3.8) is 0 Å². The number of nitrogens with zero attached hydrogens (tertiary/aromatic N) is 4. The Hall–Kier alpha value is -14.5. The molecule has 18 aromatic rings. The van der Waals surface area contributed by atoms with Gasteiger partial charge in [-0.15, -0.1) is 0 Å². The van der Waals surface area contributed by atoms with E-state index in [1.165, 1.54) is 66.4 Å². The predicted octanol–water partition coefficient (Wildman–Crippen LogP) is 26.0. The first kappa shape index (κ1) is 64.0. The van der Waals surface area contributed by atoms with Crippen molar-refractivity contribution in [2.75, 3.05) is 0 Å². The Kier molecular flexibility index (Phi) is 15.3. The number of para-hydroxylation sites is 2. The third-order valence-corrected chi connectivity index (χ3v) is 22.6.